The summed E-state index contributed by atoms with van der Waals surface area (Å²) in [5, 5.41) is 13.3. The molecule has 0 radical (unpaired) electrons. The summed E-state index contributed by atoms with van der Waals surface area (Å²) in [5.41, 5.74) is 5.99. The number of anilines is 1. The molecular formula is C18H22IN3O2S. The van der Waals surface area contributed by atoms with E-state index in [4.69, 9.17) is 10.5 Å². The molecule has 1 saturated heterocycles. The van der Waals surface area contributed by atoms with Gasteiger partial charge in [-0.05, 0) is 36.4 Å². The third-order valence-corrected chi connectivity index (χ3v) is 4.95. The van der Waals surface area contributed by atoms with Gasteiger partial charge in [0, 0.05) is 17.5 Å². The second-order valence-corrected chi connectivity index (χ2v) is 6.90. The summed E-state index contributed by atoms with van der Waals surface area (Å²) < 4.78 is 5.79. The lowest BCUT2D eigenvalue weighted by molar-refractivity contribution is 0.0780. The van der Waals surface area contributed by atoms with Crippen molar-refractivity contribution in [2.75, 3.05) is 23.4 Å². The molecule has 1 aliphatic rings. The van der Waals surface area contributed by atoms with Gasteiger partial charge in [0.25, 0.3) is 0 Å². The minimum Gasteiger partial charge on any atom is -0.457 e. The Morgan fingerprint density at radius 2 is 1.96 bits per heavy atom. The molecule has 0 bridgehead atoms. The van der Waals surface area contributed by atoms with E-state index in [-0.39, 0.29) is 29.9 Å². The zero-order valence-electron chi connectivity index (χ0n) is 13.7. The number of nitrogens with two attached hydrogens (primary N) is 1. The molecule has 1 atom stereocenters. The molecule has 7 heteroatoms. The van der Waals surface area contributed by atoms with Crippen molar-refractivity contribution in [3.05, 3.63) is 54.6 Å². The van der Waals surface area contributed by atoms with Crippen LogP contribution < -0.4 is 15.8 Å². The van der Waals surface area contributed by atoms with Gasteiger partial charge in [-0.1, -0.05) is 24.3 Å². The molecule has 1 heterocycles. The first kappa shape index (κ1) is 19.9. The van der Waals surface area contributed by atoms with E-state index in [1.54, 1.807) is 11.8 Å². The standard InChI is InChI=1S/C18H21N3O2S.HI/c19-17(20-12-18(22)9-10-24-13-18)21-14-5-4-8-16(11-14)23-15-6-2-1-3-7-15;/h1-8,11,22H,9-10,12-13H2,(H3,19,20,21);1H. The molecule has 0 aliphatic carbocycles. The van der Waals surface area contributed by atoms with E-state index in [0.29, 0.717) is 18.0 Å². The van der Waals surface area contributed by atoms with Crippen LogP contribution in [0.1, 0.15) is 6.42 Å². The van der Waals surface area contributed by atoms with Crippen molar-refractivity contribution >= 4 is 47.4 Å². The predicted octanol–water partition coefficient (Wildman–Crippen LogP) is 3.69. The Balaban J connectivity index is 0.00000225. The lowest BCUT2D eigenvalue weighted by Gasteiger charge is -2.18. The molecule has 2 aromatic carbocycles. The smallest absolute Gasteiger partial charge is 0.193 e. The van der Waals surface area contributed by atoms with Gasteiger partial charge in [0.05, 0.1) is 12.1 Å². The monoisotopic (exact) mass is 471 g/mol. The highest BCUT2D eigenvalue weighted by atomic mass is 127. The Hall–Kier alpha value is -1.45. The normalized spacial score (nSPS) is 20.0. The number of benzene rings is 2. The first-order chi connectivity index (χ1) is 11.6. The number of aliphatic imine (C=N–C) groups is 1. The van der Waals surface area contributed by atoms with E-state index >= 15 is 0 Å². The van der Waals surface area contributed by atoms with Crippen LogP contribution in [0, 0.1) is 0 Å². The van der Waals surface area contributed by atoms with Crippen LogP contribution in [0.4, 0.5) is 5.69 Å². The molecule has 2 aromatic rings. The van der Waals surface area contributed by atoms with Crippen molar-refractivity contribution < 1.29 is 9.84 Å². The maximum atomic E-state index is 10.3. The zero-order chi connectivity index (χ0) is 16.8. The molecule has 0 saturated carbocycles. The first-order valence-corrected chi connectivity index (χ1v) is 8.99. The van der Waals surface area contributed by atoms with E-state index in [2.05, 4.69) is 10.3 Å². The molecule has 3 rings (SSSR count). The summed E-state index contributed by atoms with van der Waals surface area (Å²) in [5.74, 6) is 3.46. The van der Waals surface area contributed by atoms with Crippen LogP contribution in [0.5, 0.6) is 11.5 Å². The van der Waals surface area contributed by atoms with Gasteiger partial charge >= 0.3 is 0 Å². The van der Waals surface area contributed by atoms with Crippen molar-refractivity contribution in [3.63, 3.8) is 0 Å². The molecule has 25 heavy (non-hydrogen) atoms. The number of hydrogen-bond acceptors (Lipinski definition) is 4. The lowest BCUT2D eigenvalue weighted by Crippen LogP contribution is -2.34. The molecule has 5 nitrogen and oxygen atoms in total. The number of thioether (sulfide) groups is 1. The summed E-state index contributed by atoms with van der Waals surface area (Å²) in [7, 11) is 0. The maximum absolute atomic E-state index is 10.3. The second kappa shape index (κ2) is 9.30. The fourth-order valence-corrected chi connectivity index (χ4v) is 3.69. The summed E-state index contributed by atoms with van der Waals surface area (Å²) in [6.45, 7) is 0.318. The van der Waals surface area contributed by atoms with Gasteiger partial charge in [-0.3, -0.25) is 4.99 Å². The highest BCUT2D eigenvalue weighted by molar-refractivity contribution is 14.0. The highest BCUT2D eigenvalue weighted by Crippen LogP contribution is 2.28. The number of nitrogens with one attached hydrogen (secondary N) is 1. The van der Waals surface area contributed by atoms with Crippen molar-refractivity contribution in [1.82, 2.24) is 0 Å². The molecule has 1 aliphatic heterocycles. The Labute approximate surface area is 169 Å². The van der Waals surface area contributed by atoms with Crippen molar-refractivity contribution in [2.45, 2.75) is 12.0 Å². The number of para-hydroxylation sites is 1. The first-order valence-electron chi connectivity index (χ1n) is 7.83. The number of rotatable bonds is 5. The number of guanidine groups is 1. The zero-order valence-corrected chi connectivity index (χ0v) is 16.9. The van der Waals surface area contributed by atoms with Crippen molar-refractivity contribution in [2.24, 2.45) is 10.7 Å². The number of halogens is 1. The summed E-state index contributed by atoms with van der Waals surface area (Å²) in [6, 6.07) is 17.1. The Morgan fingerprint density at radius 3 is 2.68 bits per heavy atom. The molecule has 1 fully saturated rings. The SMILES string of the molecule is I.NC(=NCC1(O)CCSC1)Nc1cccc(Oc2ccccc2)c1. The quantitative estimate of drug-likeness (QED) is 0.352. The molecular weight excluding hydrogens is 449 g/mol. The van der Waals surface area contributed by atoms with E-state index in [1.165, 1.54) is 0 Å². The number of hydrogen-bond donors (Lipinski definition) is 3. The third-order valence-electron chi connectivity index (χ3n) is 3.71. The van der Waals surface area contributed by atoms with Crippen LogP contribution in [-0.4, -0.2) is 34.7 Å². The number of aliphatic hydroxyl groups is 1. The molecule has 1 unspecified atom stereocenters. The van der Waals surface area contributed by atoms with Crippen LogP contribution in [0.25, 0.3) is 0 Å². The van der Waals surface area contributed by atoms with Crippen LogP contribution >= 0.6 is 35.7 Å². The van der Waals surface area contributed by atoms with E-state index < -0.39 is 5.60 Å². The predicted molar refractivity (Wildman–Crippen MR) is 115 cm³/mol. The highest BCUT2D eigenvalue weighted by Gasteiger charge is 2.31. The third kappa shape index (κ3) is 6.09. The van der Waals surface area contributed by atoms with E-state index in [0.717, 1.165) is 23.6 Å². The molecule has 0 aromatic heterocycles. The van der Waals surface area contributed by atoms with Gasteiger partial charge in [-0.15, -0.1) is 24.0 Å². The van der Waals surface area contributed by atoms with E-state index in [9.17, 15) is 5.11 Å². The summed E-state index contributed by atoms with van der Waals surface area (Å²) in [6.07, 6.45) is 0.759. The number of nitrogens with zero attached hydrogens (tertiary/aromatic N) is 1. The Morgan fingerprint density at radius 1 is 1.20 bits per heavy atom. The fraction of sp³-hybridized carbons (Fsp3) is 0.278. The van der Waals surface area contributed by atoms with Gasteiger partial charge < -0.3 is 20.9 Å². The minimum atomic E-state index is -0.727. The van der Waals surface area contributed by atoms with E-state index in [1.807, 2.05) is 54.6 Å². The molecule has 134 valence electrons. The minimum absolute atomic E-state index is 0. The topological polar surface area (TPSA) is 79.9 Å². The van der Waals surface area contributed by atoms with Gasteiger partial charge in [-0.25, -0.2) is 0 Å². The molecule has 0 spiro atoms. The van der Waals surface area contributed by atoms with Crippen molar-refractivity contribution in [3.8, 4) is 11.5 Å². The fourth-order valence-electron chi connectivity index (χ4n) is 2.40. The van der Waals surface area contributed by atoms with Gasteiger partial charge in [0.1, 0.15) is 11.5 Å². The Kier molecular flexibility index (Phi) is 7.39. The van der Waals surface area contributed by atoms with Crippen LogP contribution in [-0.2, 0) is 0 Å². The maximum Gasteiger partial charge on any atom is 0.193 e. The lowest BCUT2D eigenvalue weighted by atomic mass is 10.1. The largest absolute Gasteiger partial charge is 0.457 e. The van der Waals surface area contributed by atoms with Gasteiger partial charge in [-0.2, -0.15) is 11.8 Å². The van der Waals surface area contributed by atoms with Crippen LogP contribution in [0.2, 0.25) is 0 Å². The Bertz CT molecular complexity index is 706. The van der Waals surface area contributed by atoms with Gasteiger partial charge in [0.15, 0.2) is 5.96 Å². The average molecular weight is 471 g/mol. The van der Waals surface area contributed by atoms with Crippen LogP contribution in [0.15, 0.2) is 59.6 Å². The van der Waals surface area contributed by atoms with Gasteiger partial charge in [0.2, 0.25) is 0 Å². The summed E-state index contributed by atoms with van der Waals surface area (Å²) in [4.78, 5) is 4.27. The average Bonchev–Trinajstić information content (AvgIpc) is 3.02. The summed E-state index contributed by atoms with van der Waals surface area (Å²) >= 11 is 1.74. The second-order valence-electron chi connectivity index (χ2n) is 5.80. The molecule has 0 amide bonds. The molecule has 4 N–H and O–H groups in total. The van der Waals surface area contributed by atoms with Crippen molar-refractivity contribution in [1.29, 1.82) is 0 Å². The van der Waals surface area contributed by atoms with Crippen LogP contribution in [0.3, 0.4) is 0 Å². The number of ether oxygens (including phenoxy) is 1.